The van der Waals surface area contributed by atoms with Gasteiger partial charge in [-0.15, -0.1) is 0 Å². The van der Waals surface area contributed by atoms with Gasteiger partial charge in [-0.05, 0) is 69.8 Å². The monoisotopic (exact) mass is 717 g/mol. The summed E-state index contributed by atoms with van der Waals surface area (Å²) in [5.41, 5.74) is 12.9. The van der Waals surface area contributed by atoms with E-state index < -0.39 is 0 Å². The van der Waals surface area contributed by atoms with E-state index in [0.29, 0.717) is 17.5 Å². The second-order valence-electron chi connectivity index (χ2n) is 14.0. The number of hydrogen-bond donors (Lipinski definition) is 0. The van der Waals surface area contributed by atoms with Crippen LogP contribution in [0.3, 0.4) is 0 Å². The molecule has 5 nitrogen and oxygen atoms in total. The van der Waals surface area contributed by atoms with Crippen LogP contribution in [0, 0.1) is 0 Å². The van der Waals surface area contributed by atoms with E-state index in [1.54, 1.807) is 0 Å². The highest BCUT2D eigenvalue weighted by molar-refractivity contribution is 6.13. The van der Waals surface area contributed by atoms with Crippen LogP contribution in [0.2, 0.25) is 0 Å². The number of rotatable bonds is 6. The summed E-state index contributed by atoms with van der Waals surface area (Å²) in [6.07, 6.45) is 0. The Morgan fingerprint density at radius 2 is 0.661 bits per heavy atom. The summed E-state index contributed by atoms with van der Waals surface area (Å²) in [5.74, 6) is 1.84. The molecular weight excluding hydrogens is 687 g/mol. The van der Waals surface area contributed by atoms with Gasteiger partial charge in [0.05, 0.1) is 0 Å². The molecule has 262 valence electrons. The Morgan fingerprint density at radius 1 is 0.268 bits per heavy atom. The lowest BCUT2D eigenvalue weighted by Crippen LogP contribution is -2.00. The van der Waals surface area contributed by atoms with Crippen molar-refractivity contribution in [1.82, 2.24) is 15.0 Å². The van der Waals surface area contributed by atoms with Crippen LogP contribution in [0.1, 0.15) is 0 Å². The zero-order valence-corrected chi connectivity index (χ0v) is 30.1. The highest BCUT2D eigenvalue weighted by Gasteiger charge is 2.17. The maximum absolute atomic E-state index is 6.21. The van der Waals surface area contributed by atoms with Gasteiger partial charge in [0.25, 0.3) is 0 Å². The first-order valence-electron chi connectivity index (χ1n) is 18.7. The van der Waals surface area contributed by atoms with E-state index in [0.717, 1.165) is 93.9 Å². The molecule has 0 aliphatic carbocycles. The van der Waals surface area contributed by atoms with E-state index in [9.17, 15) is 0 Å². The predicted octanol–water partition coefficient (Wildman–Crippen LogP) is 13.7. The molecule has 0 saturated carbocycles. The highest BCUT2D eigenvalue weighted by atomic mass is 16.3. The van der Waals surface area contributed by atoms with E-state index in [2.05, 4.69) is 115 Å². The zero-order valence-electron chi connectivity index (χ0n) is 30.1. The van der Waals surface area contributed by atoms with Crippen LogP contribution in [0.5, 0.6) is 0 Å². The Labute approximate surface area is 322 Å². The van der Waals surface area contributed by atoms with Crippen molar-refractivity contribution in [1.29, 1.82) is 0 Å². The van der Waals surface area contributed by atoms with E-state index in [1.165, 1.54) is 0 Å². The van der Waals surface area contributed by atoms with Crippen LogP contribution in [-0.4, -0.2) is 15.0 Å². The Bertz CT molecular complexity index is 3250. The van der Waals surface area contributed by atoms with Crippen molar-refractivity contribution in [3.8, 4) is 67.5 Å². The van der Waals surface area contributed by atoms with Gasteiger partial charge in [-0.1, -0.05) is 152 Å². The summed E-state index contributed by atoms with van der Waals surface area (Å²) >= 11 is 0. The smallest absolute Gasteiger partial charge is 0.164 e. The molecule has 0 aliphatic heterocycles. The van der Waals surface area contributed by atoms with Gasteiger partial charge in [-0.3, -0.25) is 0 Å². The lowest BCUT2D eigenvalue weighted by molar-refractivity contribution is 0.668. The average Bonchev–Trinajstić information content (AvgIpc) is 3.86. The molecule has 0 atom stereocenters. The average molecular weight is 718 g/mol. The fourth-order valence-corrected chi connectivity index (χ4v) is 7.88. The van der Waals surface area contributed by atoms with Gasteiger partial charge in [0, 0.05) is 38.2 Å². The molecule has 0 radical (unpaired) electrons. The van der Waals surface area contributed by atoms with E-state index in [4.69, 9.17) is 23.8 Å². The topological polar surface area (TPSA) is 65.0 Å². The van der Waals surface area contributed by atoms with Crippen molar-refractivity contribution < 1.29 is 8.83 Å². The van der Waals surface area contributed by atoms with Crippen molar-refractivity contribution in [2.75, 3.05) is 0 Å². The van der Waals surface area contributed by atoms with Crippen LogP contribution in [0.15, 0.2) is 197 Å². The van der Waals surface area contributed by atoms with E-state index in [1.807, 2.05) is 72.8 Å². The lowest BCUT2D eigenvalue weighted by atomic mass is 9.95. The SMILES string of the molecule is c1ccc(-c2nc(-c3ccc(-c4cccc(-c5cccc6oc7ccccc7c56)c4)cc3)nc(-c3cccc(-c4cccc5oc6ccccc6c45)c3)n2)cc1. The number of aromatic nitrogens is 3. The van der Waals surface area contributed by atoms with E-state index in [-0.39, 0.29) is 0 Å². The molecule has 0 saturated heterocycles. The van der Waals surface area contributed by atoms with Crippen LogP contribution in [-0.2, 0) is 0 Å². The van der Waals surface area contributed by atoms with Crippen LogP contribution < -0.4 is 0 Å². The number of nitrogens with zero attached hydrogens (tertiary/aromatic N) is 3. The molecule has 0 aliphatic rings. The second-order valence-corrected chi connectivity index (χ2v) is 14.0. The Kier molecular flexibility index (Phi) is 7.42. The predicted molar refractivity (Wildman–Crippen MR) is 227 cm³/mol. The summed E-state index contributed by atoms with van der Waals surface area (Å²) in [6, 6.07) is 64.6. The summed E-state index contributed by atoms with van der Waals surface area (Å²) in [5, 5.41) is 4.44. The van der Waals surface area contributed by atoms with Crippen molar-refractivity contribution >= 4 is 43.9 Å². The molecule has 3 aromatic heterocycles. The molecule has 5 heteroatoms. The molecule has 0 unspecified atom stereocenters. The van der Waals surface area contributed by atoms with Crippen molar-refractivity contribution in [3.05, 3.63) is 188 Å². The molecule has 11 rings (SSSR count). The molecule has 8 aromatic carbocycles. The Hall–Kier alpha value is -7.63. The third-order valence-electron chi connectivity index (χ3n) is 10.6. The van der Waals surface area contributed by atoms with Gasteiger partial charge in [0.2, 0.25) is 0 Å². The molecule has 0 N–H and O–H groups in total. The quantitative estimate of drug-likeness (QED) is 0.171. The number of benzene rings is 8. The largest absolute Gasteiger partial charge is 0.456 e. The third kappa shape index (κ3) is 5.45. The van der Waals surface area contributed by atoms with Gasteiger partial charge in [0.1, 0.15) is 22.3 Å². The molecule has 56 heavy (non-hydrogen) atoms. The molecule has 11 aromatic rings. The van der Waals surface area contributed by atoms with Gasteiger partial charge in [0.15, 0.2) is 17.5 Å². The fourth-order valence-electron chi connectivity index (χ4n) is 7.88. The molecular formula is C51H31N3O2. The molecule has 3 heterocycles. The fraction of sp³-hybridized carbons (Fsp3) is 0. The van der Waals surface area contributed by atoms with Crippen molar-refractivity contribution in [2.45, 2.75) is 0 Å². The minimum Gasteiger partial charge on any atom is -0.456 e. The zero-order chi connectivity index (χ0) is 37.0. The highest BCUT2D eigenvalue weighted by Crippen LogP contribution is 2.39. The van der Waals surface area contributed by atoms with E-state index >= 15 is 0 Å². The standard InChI is InChI=1S/C51H31N3O2/c1-2-12-33(13-3-1)49-52-50(54-51(53-49)38-17-9-16-37(31-38)40-21-11-25-46-48(40)42-19-5-7-23-44(42)56-46)34-28-26-32(27-29-34)35-14-8-15-36(30-35)39-20-10-24-45-47(39)41-18-4-6-22-43(41)55-45/h1-31H. The minimum absolute atomic E-state index is 0.609. The number of furan rings is 2. The first kappa shape index (κ1) is 31.9. The maximum atomic E-state index is 6.21. The van der Waals surface area contributed by atoms with Crippen molar-refractivity contribution in [3.63, 3.8) is 0 Å². The van der Waals surface area contributed by atoms with Crippen LogP contribution >= 0.6 is 0 Å². The first-order chi connectivity index (χ1) is 27.7. The summed E-state index contributed by atoms with van der Waals surface area (Å²) < 4.78 is 12.4. The summed E-state index contributed by atoms with van der Waals surface area (Å²) in [6.45, 7) is 0. The van der Waals surface area contributed by atoms with Crippen LogP contribution in [0.4, 0.5) is 0 Å². The van der Waals surface area contributed by atoms with Crippen molar-refractivity contribution in [2.24, 2.45) is 0 Å². The summed E-state index contributed by atoms with van der Waals surface area (Å²) in [4.78, 5) is 15.1. The van der Waals surface area contributed by atoms with Gasteiger partial charge < -0.3 is 8.83 Å². The number of hydrogen-bond acceptors (Lipinski definition) is 5. The molecule has 0 amide bonds. The number of fused-ring (bicyclic) bond motifs is 6. The number of para-hydroxylation sites is 2. The third-order valence-corrected chi connectivity index (χ3v) is 10.6. The van der Waals surface area contributed by atoms with Crippen LogP contribution in [0.25, 0.3) is 111 Å². The van der Waals surface area contributed by atoms with Gasteiger partial charge >= 0.3 is 0 Å². The van der Waals surface area contributed by atoms with Gasteiger partial charge in [-0.2, -0.15) is 0 Å². The molecule has 0 fully saturated rings. The maximum Gasteiger partial charge on any atom is 0.164 e. The Balaban J connectivity index is 0.980. The lowest BCUT2D eigenvalue weighted by Gasteiger charge is -2.11. The normalized spacial score (nSPS) is 11.6. The first-order valence-corrected chi connectivity index (χ1v) is 18.7. The van der Waals surface area contributed by atoms with Gasteiger partial charge in [-0.25, -0.2) is 15.0 Å². The molecule has 0 bridgehead atoms. The Morgan fingerprint density at radius 3 is 1.25 bits per heavy atom. The summed E-state index contributed by atoms with van der Waals surface area (Å²) in [7, 11) is 0. The minimum atomic E-state index is 0.609. The molecule has 0 spiro atoms. The second kappa shape index (κ2) is 13.0.